The first kappa shape index (κ1) is 13.4. The van der Waals surface area contributed by atoms with E-state index in [1.54, 1.807) is 0 Å². The van der Waals surface area contributed by atoms with Crippen molar-refractivity contribution in [3.8, 4) is 6.07 Å². The number of rotatable bonds is 2. The minimum absolute atomic E-state index is 0.0139. The summed E-state index contributed by atoms with van der Waals surface area (Å²) in [5.41, 5.74) is 3.73. The summed E-state index contributed by atoms with van der Waals surface area (Å²) in [6.45, 7) is 9.07. The van der Waals surface area contributed by atoms with Crippen LogP contribution >= 0.6 is 0 Å². The molecule has 1 heterocycles. The van der Waals surface area contributed by atoms with Crippen molar-refractivity contribution < 1.29 is 0 Å². The first-order valence-corrected chi connectivity index (χ1v) is 6.48. The Morgan fingerprint density at radius 3 is 2.74 bits per heavy atom. The van der Waals surface area contributed by atoms with Crippen molar-refractivity contribution in [3.05, 3.63) is 51.2 Å². The third-order valence-electron chi connectivity index (χ3n) is 3.95. The lowest BCUT2D eigenvalue weighted by Crippen LogP contribution is -2.21. The molecular formula is C15H19N3O. The van der Waals surface area contributed by atoms with Crippen molar-refractivity contribution in [2.75, 3.05) is 0 Å². The quantitative estimate of drug-likeness (QED) is 0.760. The lowest BCUT2D eigenvalue weighted by molar-refractivity contribution is 0.513. The van der Waals surface area contributed by atoms with Gasteiger partial charge in [0.2, 0.25) is 0 Å². The van der Waals surface area contributed by atoms with E-state index in [2.05, 4.69) is 40.6 Å². The van der Waals surface area contributed by atoms with Crippen LogP contribution < -0.4 is 0 Å². The van der Waals surface area contributed by atoms with Crippen LogP contribution in [0.4, 0.5) is 0 Å². The Hall–Kier alpha value is -2.02. The number of imidazole rings is 1. The second-order valence-electron chi connectivity index (χ2n) is 5.19. The number of aromatic nitrogens is 2. The molecule has 19 heavy (non-hydrogen) atoms. The third kappa shape index (κ3) is 2.55. The SMILES string of the molecule is CC1=CC(C)=C(Cn2ccnc2C)C(C)C1C#[N+][O-]. The Kier molecular flexibility index (Phi) is 3.75. The van der Waals surface area contributed by atoms with Crippen LogP contribution in [0.5, 0.6) is 0 Å². The first-order chi connectivity index (χ1) is 9.04. The van der Waals surface area contributed by atoms with E-state index in [9.17, 15) is 5.21 Å². The topological polar surface area (TPSA) is 45.2 Å². The minimum atomic E-state index is -0.0139. The largest absolute Gasteiger partial charge is 0.498 e. The van der Waals surface area contributed by atoms with Crippen molar-refractivity contribution >= 4 is 0 Å². The fourth-order valence-electron chi connectivity index (χ4n) is 2.77. The van der Waals surface area contributed by atoms with E-state index in [1.807, 2.05) is 26.2 Å². The molecule has 0 amide bonds. The number of nitrogens with zero attached hydrogens (tertiary/aromatic N) is 3. The van der Waals surface area contributed by atoms with Crippen LogP contribution in [0.2, 0.25) is 0 Å². The minimum Gasteiger partial charge on any atom is -0.498 e. The normalized spacial score (nSPS) is 22.8. The molecule has 2 rings (SSSR count). The molecular weight excluding hydrogens is 238 g/mol. The second-order valence-corrected chi connectivity index (χ2v) is 5.19. The zero-order valence-electron chi connectivity index (χ0n) is 11.8. The highest BCUT2D eigenvalue weighted by Crippen LogP contribution is 2.35. The van der Waals surface area contributed by atoms with Crippen LogP contribution in [0.25, 0.3) is 5.01 Å². The fraction of sp³-hybridized carbons (Fsp3) is 0.467. The van der Waals surface area contributed by atoms with Crippen molar-refractivity contribution in [3.63, 3.8) is 0 Å². The molecule has 0 N–H and O–H groups in total. The molecule has 0 radical (unpaired) electrons. The van der Waals surface area contributed by atoms with Crippen LogP contribution in [-0.2, 0) is 6.54 Å². The summed E-state index contributed by atoms with van der Waals surface area (Å²) in [5.74, 6) is 1.22. The summed E-state index contributed by atoms with van der Waals surface area (Å²) in [7, 11) is 0. The summed E-state index contributed by atoms with van der Waals surface area (Å²) < 4.78 is 2.12. The highest BCUT2D eigenvalue weighted by Gasteiger charge is 2.30. The van der Waals surface area contributed by atoms with Gasteiger partial charge in [-0.2, -0.15) is 0 Å². The van der Waals surface area contributed by atoms with Gasteiger partial charge in [0.1, 0.15) is 11.7 Å². The molecule has 4 nitrogen and oxygen atoms in total. The monoisotopic (exact) mass is 257 g/mol. The fourth-order valence-corrected chi connectivity index (χ4v) is 2.77. The van der Waals surface area contributed by atoms with E-state index in [0.29, 0.717) is 0 Å². The summed E-state index contributed by atoms with van der Waals surface area (Å²) in [6.07, 6.45) is 5.92. The maximum atomic E-state index is 10.5. The molecule has 1 aromatic rings. The maximum Gasteiger partial charge on any atom is 0.306 e. The van der Waals surface area contributed by atoms with Gasteiger partial charge < -0.3 is 9.77 Å². The van der Waals surface area contributed by atoms with Gasteiger partial charge in [-0.1, -0.05) is 18.6 Å². The Morgan fingerprint density at radius 2 is 2.16 bits per heavy atom. The Labute approximate surface area is 113 Å². The smallest absolute Gasteiger partial charge is 0.306 e. The molecule has 100 valence electrons. The third-order valence-corrected chi connectivity index (χ3v) is 3.95. The Balaban J connectivity index is 2.34. The van der Waals surface area contributed by atoms with Crippen LogP contribution in [0.15, 0.2) is 35.2 Å². The zero-order valence-corrected chi connectivity index (χ0v) is 11.8. The van der Waals surface area contributed by atoms with Crippen molar-refractivity contribution in [2.45, 2.75) is 34.2 Å². The first-order valence-electron chi connectivity index (χ1n) is 6.48. The zero-order chi connectivity index (χ0) is 14.0. The number of allylic oxidation sites excluding steroid dienone is 4. The summed E-state index contributed by atoms with van der Waals surface area (Å²) >= 11 is 0. The van der Waals surface area contributed by atoms with Gasteiger partial charge in [0, 0.05) is 29.9 Å². The molecule has 0 spiro atoms. The van der Waals surface area contributed by atoms with Gasteiger partial charge >= 0.3 is 6.07 Å². The van der Waals surface area contributed by atoms with Crippen molar-refractivity contribution in [1.29, 1.82) is 0 Å². The second kappa shape index (κ2) is 5.31. The summed E-state index contributed by atoms with van der Waals surface area (Å²) in [6, 6.07) is 2.67. The molecule has 1 aliphatic rings. The molecule has 0 saturated heterocycles. The molecule has 0 aliphatic heterocycles. The average molecular weight is 257 g/mol. The average Bonchev–Trinajstić information content (AvgIpc) is 2.76. The summed E-state index contributed by atoms with van der Waals surface area (Å²) in [4.78, 5) is 4.24. The van der Waals surface area contributed by atoms with E-state index < -0.39 is 0 Å². The molecule has 1 aromatic heterocycles. The number of hydrogen-bond donors (Lipinski definition) is 0. The maximum absolute atomic E-state index is 10.5. The molecule has 1 aliphatic carbocycles. The van der Waals surface area contributed by atoms with E-state index in [1.165, 1.54) is 11.1 Å². The molecule has 0 saturated carbocycles. The van der Waals surface area contributed by atoms with Gasteiger partial charge in [-0.3, -0.25) is 0 Å². The van der Waals surface area contributed by atoms with Gasteiger partial charge in [-0.05, 0) is 31.9 Å². The van der Waals surface area contributed by atoms with Gasteiger partial charge in [0.05, 0.1) is 0 Å². The van der Waals surface area contributed by atoms with Gasteiger partial charge in [0.15, 0.2) is 0 Å². The van der Waals surface area contributed by atoms with E-state index >= 15 is 0 Å². The van der Waals surface area contributed by atoms with Crippen LogP contribution in [0.1, 0.15) is 26.6 Å². The number of hydrogen-bond acceptors (Lipinski definition) is 2. The molecule has 2 atom stereocenters. The van der Waals surface area contributed by atoms with Gasteiger partial charge in [0.25, 0.3) is 0 Å². The lowest BCUT2D eigenvalue weighted by atomic mass is 9.77. The van der Waals surface area contributed by atoms with Gasteiger partial charge in [-0.25, -0.2) is 4.98 Å². The Morgan fingerprint density at radius 1 is 1.42 bits per heavy atom. The van der Waals surface area contributed by atoms with E-state index in [0.717, 1.165) is 17.9 Å². The van der Waals surface area contributed by atoms with Crippen LogP contribution in [-0.4, -0.2) is 9.55 Å². The molecule has 4 heteroatoms. The highest BCUT2D eigenvalue weighted by molar-refractivity contribution is 5.38. The predicted octanol–water partition coefficient (Wildman–Crippen LogP) is 3.55. The lowest BCUT2D eigenvalue weighted by Gasteiger charge is -2.27. The van der Waals surface area contributed by atoms with Crippen LogP contribution in [0.3, 0.4) is 0 Å². The predicted molar refractivity (Wildman–Crippen MR) is 76.7 cm³/mol. The molecule has 0 fully saturated rings. The molecule has 2 unspecified atom stereocenters. The van der Waals surface area contributed by atoms with Crippen LogP contribution in [0, 0.1) is 30.0 Å². The Bertz CT molecular complexity index is 598. The van der Waals surface area contributed by atoms with Crippen molar-refractivity contribution in [1.82, 2.24) is 9.55 Å². The van der Waals surface area contributed by atoms with Crippen molar-refractivity contribution in [2.24, 2.45) is 11.8 Å². The van der Waals surface area contributed by atoms with E-state index in [4.69, 9.17) is 0 Å². The molecule has 0 aromatic carbocycles. The highest BCUT2D eigenvalue weighted by atomic mass is 16.4. The number of aryl methyl sites for hydroxylation is 1. The molecule has 0 bridgehead atoms. The van der Waals surface area contributed by atoms with E-state index in [-0.39, 0.29) is 11.8 Å². The van der Waals surface area contributed by atoms with Gasteiger partial charge in [-0.15, -0.1) is 0 Å². The summed E-state index contributed by atoms with van der Waals surface area (Å²) in [5, 5.41) is 13.4. The standard InChI is InChI=1S/C15H19N3O/c1-10-7-11(2)15(12(3)14(10)8-17-19)9-18-6-5-16-13(18)4/h5-7,12,14H,9H2,1-4H3.